The number of nitrogens with zero attached hydrogens (tertiary/aromatic N) is 1. The minimum atomic E-state index is 0.736. The van der Waals surface area contributed by atoms with E-state index < -0.39 is 0 Å². The van der Waals surface area contributed by atoms with Crippen LogP contribution in [0.4, 0.5) is 11.4 Å². The lowest BCUT2D eigenvalue weighted by atomic mass is 10.2. The molecule has 3 aromatic rings. The Hall–Kier alpha value is -1.53. The van der Waals surface area contributed by atoms with Gasteiger partial charge in [0.15, 0.2) is 0 Å². The average Bonchev–Trinajstić information content (AvgIpc) is 2.94. The van der Waals surface area contributed by atoms with E-state index in [2.05, 4.69) is 42.9 Å². The van der Waals surface area contributed by atoms with E-state index in [4.69, 9.17) is 5.73 Å². The first kappa shape index (κ1) is 11.6. The van der Waals surface area contributed by atoms with Crippen molar-refractivity contribution in [1.29, 1.82) is 0 Å². The van der Waals surface area contributed by atoms with Gasteiger partial charge in [-0.1, -0.05) is 0 Å². The van der Waals surface area contributed by atoms with E-state index in [1.165, 1.54) is 4.88 Å². The summed E-state index contributed by atoms with van der Waals surface area (Å²) in [5, 5.41) is 13.4. The van der Waals surface area contributed by atoms with Crippen molar-refractivity contribution in [2.45, 2.75) is 6.54 Å². The number of H-pyrrole nitrogens is 1. The summed E-state index contributed by atoms with van der Waals surface area (Å²) in [7, 11) is 0. The Balaban J connectivity index is 1.83. The molecule has 4 N–H and O–H groups in total. The van der Waals surface area contributed by atoms with Crippen molar-refractivity contribution >= 4 is 49.5 Å². The van der Waals surface area contributed by atoms with Crippen LogP contribution in [0.1, 0.15) is 4.88 Å². The number of nitrogens with one attached hydrogen (secondary N) is 2. The van der Waals surface area contributed by atoms with Crippen LogP contribution in [-0.4, -0.2) is 10.2 Å². The highest BCUT2D eigenvalue weighted by molar-refractivity contribution is 9.10. The normalized spacial score (nSPS) is 10.9. The Morgan fingerprint density at radius 3 is 3.06 bits per heavy atom. The fourth-order valence-electron chi connectivity index (χ4n) is 1.79. The molecule has 0 amide bonds. The molecular weight excluding hydrogens is 312 g/mol. The lowest BCUT2D eigenvalue weighted by Gasteiger charge is -2.08. The largest absolute Gasteiger partial charge is 0.397 e. The van der Waals surface area contributed by atoms with Crippen LogP contribution in [0.25, 0.3) is 10.9 Å². The number of halogens is 1. The van der Waals surface area contributed by atoms with Crippen molar-refractivity contribution in [2.75, 3.05) is 11.1 Å². The zero-order valence-electron chi connectivity index (χ0n) is 9.40. The van der Waals surface area contributed by atoms with Gasteiger partial charge in [-0.2, -0.15) is 5.10 Å². The first-order chi connectivity index (χ1) is 8.72. The summed E-state index contributed by atoms with van der Waals surface area (Å²) < 4.78 is 1.11. The molecule has 2 aromatic heterocycles. The topological polar surface area (TPSA) is 66.7 Å². The molecule has 92 valence electrons. The van der Waals surface area contributed by atoms with E-state index in [1.54, 1.807) is 17.5 Å². The standard InChI is InChI=1S/C12H11BrN4S/c13-8-2-9(18-6-8)5-15-12-3-11-7(1-10(12)14)4-16-17-11/h1-4,6,15H,5,14H2,(H,16,17). The smallest absolute Gasteiger partial charge is 0.0672 e. The molecule has 0 radical (unpaired) electrons. The van der Waals surface area contributed by atoms with E-state index in [9.17, 15) is 0 Å². The lowest BCUT2D eigenvalue weighted by Crippen LogP contribution is -2.01. The molecule has 0 fully saturated rings. The molecule has 0 atom stereocenters. The van der Waals surface area contributed by atoms with E-state index in [0.29, 0.717) is 0 Å². The Labute approximate surface area is 116 Å². The number of hydrogen-bond acceptors (Lipinski definition) is 4. The van der Waals surface area contributed by atoms with E-state index >= 15 is 0 Å². The first-order valence-corrected chi connectivity index (χ1v) is 7.09. The van der Waals surface area contributed by atoms with Gasteiger partial charge in [0.2, 0.25) is 0 Å². The molecule has 0 saturated carbocycles. The second-order valence-electron chi connectivity index (χ2n) is 3.98. The van der Waals surface area contributed by atoms with Gasteiger partial charge in [0.05, 0.1) is 23.1 Å². The number of fused-ring (bicyclic) bond motifs is 1. The molecule has 0 saturated heterocycles. The monoisotopic (exact) mass is 322 g/mol. The second kappa shape index (κ2) is 4.62. The van der Waals surface area contributed by atoms with Gasteiger partial charge >= 0.3 is 0 Å². The minimum Gasteiger partial charge on any atom is -0.397 e. The maximum absolute atomic E-state index is 6.01. The third-order valence-electron chi connectivity index (χ3n) is 2.69. The zero-order chi connectivity index (χ0) is 12.5. The summed E-state index contributed by atoms with van der Waals surface area (Å²) >= 11 is 5.15. The van der Waals surface area contributed by atoms with Gasteiger partial charge in [-0.25, -0.2) is 0 Å². The van der Waals surface area contributed by atoms with Crippen LogP contribution in [0.2, 0.25) is 0 Å². The summed E-state index contributed by atoms with van der Waals surface area (Å²) in [5.74, 6) is 0. The van der Waals surface area contributed by atoms with Crippen LogP contribution < -0.4 is 11.1 Å². The lowest BCUT2D eigenvalue weighted by molar-refractivity contribution is 1.12. The van der Waals surface area contributed by atoms with E-state index in [-0.39, 0.29) is 0 Å². The van der Waals surface area contributed by atoms with Gasteiger partial charge < -0.3 is 11.1 Å². The number of anilines is 2. The van der Waals surface area contributed by atoms with Crippen LogP contribution in [-0.2, 0) is 6.54 Å². The van der Waals surface area contributed by atoms with Gasteiger partial charge in [0, 0.05) is 26.7 Å². The summed E-state index contributed by atoms with van der Waals surface area (Å²) in [6.45, 7) is 0.764. The molecule has 0 aliphatic heterocycles. The summed E-state index contributed by atoms with van der Waals surface area (Å²) in [6, 6.07) is 6.01. The Morgan fingerprint density at radius 2 is 2.28 bits per heavy atom. The molecular formula is C12H11BrN4S. The number of aromatic nitrogens is 2. The second-order valence-corrected chi connectivity index (χ2v) is 5.89. The van der Waals surface area contributed by atoms with Gasteiger partial charge in [0.1, 0.15) is 0 Å². The van der Waals surface area contributed by atoms with Crippen molar-refractivity contribution < 1.29 is 0 Å². The van der Waals surface area contributed by atoms with Crippen molar-refractivity contribution in [3.8, 4) is 0 Å². The fraction of sp³-hybridized carbons (Fsp3) is 0.0833. The predicted molar refractivity (Wildman–Crippen MR) is 79.9 cm³/mol. The number of benzene rings is 1. The van der Waals surface area contributed by atoms with Gasteiger partial charge in [-0.3, -0.25) is 5.10 Å². The molecule has 3 rings (SSSR count). The van der Waals surface area contributed by atoms with Crippen LogP contribution >= 0.6 is 27.3 Å². The molecule has 18 heavy (non-hydrogen) atoms. The maximum atomic E-state index is 6.01. The molecule has 1 aromatic carbocycles. The summed E-state index contributed by atoms with van der Waals surface area (Å²) in [5.41, 5.74) is 8.65. The summed E-state index contributed by atoms with van der Waals surface area (Å²) in [6.07, 6.45) is 1.77. The van der Waals surface area contributed by atoms with Crippen LogP contribution in [0.3, 0.4) is 0 Å². The number of aromatic amines is 1. The molecule has 2 heterocycles. The summed E-state index contributed by atoms with van der Waals surface area (Å²) in [4.78, 5) is 1.26. The molecule has 4 nitrogen and oxygen atoms in total. The van der Waals surface area contributed by atoms with Gasteiger partial charge in [0.25, 0.3) is 0 Å². The van der Waals surface area contributed by atoms with Gasteiger partial charge in [-0.15, -0.1) is 11.3 Å². The van der Waals surface area contributed by atoms with E-state index in [1.807, 2.05) is 12.1 Å². The maximum Gasteiger partial charge on any atom is 0.0672 e. The number of hydrogen-bond donors (Lipinski definition) is 3. The molecule has 0 aliphatic carbocycles. The number of nitrogen functional groups attached to an aromatic ring is 1. The highest BCUT2D eigenvalue weighted by Crippen LogP contribution is 2.26. The third kappa shape index (κ3) is 2.21. The SMILES string of the molecule is Nc1cc2cn[nH]c2cc1NCc1cc(Br)cs1. The predicted octanol–water partition coefficient (Wildman–Crippen LogP) is 3.58. The van der Waals surface area contributed by atoms with Crippen molar-refractivity contribution in [2.24, 2.45) is 0 Å². The molecule has 0 spiro atoms. The first-order valence-electron chi connectivity index (χ1n) is 5.42. The molecule has 0 aliphatic rings. The fourth-order valence-corrected chi connectivity index (χ4v) is 3.18. The molecule has 0 bridgehead atoms. The number of thiophene rings is 1. The Bertz CT molecular complexity index is 688. The zero-order valence-corrected chi connectivity index (χ0v) is 11.8. The average molecular weight is 323 g/mol. The van der Waals surface area contributed by atoms with E-state index in [0.717, 1.165) is 33.3 Å². The Morgan fingerprint density at radius 1 is 1.39 bits per heavy atom. The van der Waals surface area contributed by atoms with Crippen LogP contribution in [0.5, 0.6) is 0 Å². The van der Waals surface area contributed by atoms with Crippen LogP contribution in [0.15, 0.2) is 34.2 Å². The third-order valence-corrected chi connectivity index (χ3v) is 4.38. The van der Waals surface area contributed by atoms with Crippen molar-refractivity contribution in [3.63, 3.8) is 0 Å². The quantitative estimate of drug-likeness (QED) is 0.646. The minimum absolute atomic E-state index is 0.736. The highest BCUT2D eigenvalue weighted by atomic mass is 79.9. The van der Waals surface area contributed by atoms with Crippen molar-refractivity contribution in [3.05, 3.63) is 39.1 Å². The molecule has 6 heteroatoms. The Kier molecular flexibility index (Phi) is 2.97. The number of rotatable bonds is 3. The highest BCUT2D eigenvalue weighted by Gasteiger charge is 2.04. The van der Waals surface area contributed by atoms with Gasteiger partial charge in [-0.05, 0) is 34.1 Å². The molecule has 0 unspecified atom stereocenters. The van der Waals surface area contributed by atoms with Crippen molar-refractivity contribution in [1.82, 2.24) is 10.2 Å². The number of nitrogens with two attached hydrogens (primary N) is 1. The van der Waals surface area contributed by atoms with Crippen LogP contribution in [0, 0.1) is 0 Å².